The van der Waals surface area contributed by atoms with E-state index < -0.39 is 12.5 Å². The van der Waals surface area contributed by atoms with Crippen LogP contribution in [-0.4, -0.2) is 26.1 Å². The lowest BCUT2D eigenvalue weighted by Gasteiger charge is -2.15. The Morgan fingerprint density at radius 3 is 2.40 bits per heavy atom. The first-order valence-electron chi connectivity index (χ1n) is 7.46. The summed E-state index contributed by atoms with van der Waals surface area (Å²) in [5.74, 6) is 0.0462. The summed E-state index contributed by atoms with van der Waals surface area (Å²) in [6, 6.07) is 12.3. The molecule has 0 amide bonds. The predicted molar refractivity (Wildman–Crippen MR) is 83.7 cm³/mol. The van der Waals surface area contributed by atoms with Gasteiger partial charge in [-0.1, -0.05) is 24.3 Å². The van der Waals surface area contributed by atoms with Crippen molar-refractivity contribution in [1.82, 2.24) is 9.55 Å². The van der Waals surface area contributed by atoms with E-state index in [-0.39, 0.29) is 18.9 Å². The number of aliphatic hydroxyl groups is 2. The lowest BCUT2D eigenvalue weighted by atomic mass is 10.1. The van der Waals surface area contributed by atoms with E-state index in [2.05, 4.69) is 9.72 Å². The Morgan fingerprint density at radius 1 is 1.08 bits per heavy atom. The molecule has 1 aromatic heterocycles. The van der Waals surface area contributed by atoms with Gasteiger partial charge in [-0.25, -0.2) is 4.98 Å². The fourth-order valence-electron chi connectivity index (χ4n) is 2.62. The summed E-state index contributed by atoms with van der Waals surface area (Å²) in [7, 11) is 0. The average molecular weight is 352 g/mol. The van der Waals surface area contributed by atoms with Crippen LogP contribution < -0.4 is 4.74 Å². The molecule has 0 spiro atoms. The Bertz CT molecular complexity index is 860. The van der Waals surface area contributed by atoms with Crippen LogP contribution in [0, 0.1) is 0 Å². The van der Waals surface area contributed by atoms with Gasteiger partial charge in [0.2, 0.25) is 0 Å². The van der Waals surface area contributed by atoms with Crippen LogP contribution in [0.4, 0.5) is 13.2 Å². The first-order valence-corrected chi connectivity index (χ1v) is 7.46. The van der Waals surface area contributed by atoms with Gasteiger partial charge in [-0.2, -0.15) is 0 Å². The van der Waals surface area contributed by atoms with Crippen molar-refractivity contribution in [3.63, 3.8) is 0 Å². The highest BCUT2D eigenvalue weighted by Crippen LogP contribution is 2.26. The predicted octanol–water partition coefficient (Wildman–Crippen LogP) is 3.16. The minimum Gasteiger partial charge on any atom is -0.406 e. The van der Waals surface area contributed by atoms with Crippen molar-refractivity contribution in [2.45, 2.75) is 25.6 Å². The van der Waals surface area contributed by atoms with Crippen LogP contribution in [-0.2, 0) is 13.2 Å². The number of para-hydroxylation sites is 2. The summed E-state index contributed by atoms with van der Waals surface area (Å²) in [5.41, 5.74) is 1.87. The van der Waals surface area contributed by atoms with E-state index >= 15 is 0 Å². The van der Waals surface area contributed by atoms with Gasteiger partial charge in [-0.05, 0) is 29.8 Å². The van der Waals surface area contributed by atoms with E-state index in [9.17, 15) is 23.4 Å². The van der Waals surface area contributed by atoms with E-state index in [1.54, 1.807) is 10.6 Å². The number of hydrogen-bond donors (Lipinski definition) is 2. The maximum atomic E-state index is 12.2. The molecule has 0 fully saturated rings. The summed E-state index contributed by atoms with van der Waals surface area (Å²) in [6.45, 7) is -0.185. The summed E-state index contributed by atoms with van der Waals surface area (Å²) in [5, 5.41) is 19.9. The Balaban J connectivity index is 1.82. The molecular weight excluding hydrogens is 337 g/mol. The van der Waals surface area contributed by atoms with Crippen LogP contribution >= 0.6 is 0 Å². The smallest absolute Gasteiger partial charge is 0.406 e. The monoisotopic (exact) mass is 352 g/mol. The number of aromatic nitrogens is 2. The summed E-state index contributed by atoms with van der Waals surface area (Å²) in [4.78, 5) is 4.29. The average Bonchev–Trinajstić information content (AvgIpc) is 2.92. The second-order valence-electron chi connectivity index (χ2n) is 5.42. The molecule has 0 radical (unpaired) electrons. The molecule has 1 heterocycles. The van der Waals surface area contributed by atoms with Crippen molar-refractivity contribution in [2.24, 2.45) is 0 Å². The van der Waals surface area contributed by atoms with Crippen molar-refractivity contribution in [1.29, 1.82) is 0 Å². The zero-order chi connectivity index (χ0) is 18.0. The quantitative estimate of drug-likeness (QED) is 0.740. The van der Waals surface area contributed by atoms with E-state index in [1.807, 2.05) is 18.2 Å². The van der Waals surface area contributed by atoms with Gasteiger partial charge in [0.15, 0.2) is 0 Å². The highest BCUT2D eigenvalue weighted by molar-refractivity contribution is 5.75. The van der Waals surface area contributed by atoms with Gasteiger partial charge in [0.25, 0.3) is 0 Å². The molecule has 25 heavy (non-hydrogen) atoms. The largest absolute Gasteiger partial charge is 0.573 e. The SMILES string of the molecule is OCc1nc2ccccc2n1CC(O)c1ccc(OC(F)(F)F)cc1. The molecule has 3 aromatic rings. The molecule has 2 aromatic carbocycles. The van der Waals surface area contributed by atoms with E-state index in [4.69, 9.17) is 0 Å². The van der Waals surface area contributed by atoms with Gasteiger partial charge in [0, 0.05) is 0 Å². The normalized spacial score (nSPS) is 13.2. The van der Waals surface area contributed by atoms with Gasteiger partial charge in [-0.3, -0.25) is 0 Å². The summed E-state index contributed by atoms with van der Waals surface area (Å²) >= 11 is 0. The molecule has 2 N–H and O–H groups in total. The number of nitrogens with zero attached hydrogens (tertiary/aromatic N) is 2. The second-order valence-corrected chi connectivity index (χ2v) is 5.42. The maximum Gasteiger partial charge on any atom is 0.573 e. The zero-order valence-corrected chi connectivity index (χ0v) is 12.9. The number of fused-ring (bicyclic) bond motifs is 1. The van der Waals surface area contributed by atoms with Gasteiger partial charge in [0.05, 0.1) is 23.7 Å². The molecule has 0 aliphatic rings. The van der Waals surface area contributed by atoms with Gasteiger partial charge < -0.3 is 19.5 Å². The van der Waals surface area contributed by atoms with Crippen LogP contribution in [0.2, 0.25) is 0 Å². The van der Waals surface area contributed by atoms with Crippen LogP contribution in [0.5, 0.6) is 5.75 Å². The number of aliphatic hydroxyl groups excluding tert-OH is 2. The fourth-order valence-corrected chi connectivity index (χ4v) is 2.62. The summed E-state index contributed by atoms with van der Waals surface area (Å²) < 4.78 is 42.0. The Hall–Kier alpha value is -2.58. The Kier molecular flexibility index (Phi) is 4.65. The first kappa shape index (κ1) is 17.2. The van der Waals surface area contributed by atoms with Crippen molar-refractivity contribution in [3.8, 4) is 5.75 Å². The van der Waals surface area contributed by atoms with Gasteiger partial charge in [0.1, 0.15) is 18.2 Å². The topological polar surface area (TPSA) is 67.5 Å². The third-order valence-electron chi connectivity index (χ3n) is 3.73. The number of alkyl halides is 3. The van der Waals surface area contributed by atoms with Crippen molar-refractivity contribution >= 4 is 11.0 Å². The highest BCUT2D eigenvalue weighted by atomic mass is 19.4. The van der Waals surface area contributed by atoms with Crippen molar-refractivity contribution < 1.29 is 28.1 Å². The van der Waals surface area contributed by atoms with Crippen LogP contribution in [0.3, 0.4) is 0 Å². The third-order valence-corrected chi connectivity index (χ3v) is 3.73. The van der Waals surface area contributed by atoms with Crippen LogP contribution in [0.1, 0.15) is 17.5 Å². The molecular formula is C17H15F3N2O3. The minimum absolute atomic E-state index is 0.107. The Labute approximate surface area is 140 Å². The first-order chi connectivity index (χ1) is 11.9. The number of rotatable bonds is 5. The standard InChI is InChI=1S/C17H15F3N2O3/c18-17(19,20)25-12-7-5-11(6-8-12)15(24)9-22-14-4-2-1-3-13(14)21-16(22)10-23/h1-8,15,23-24H,9-10H2. The molecule has 0 saturated heterocycles. The van der Waals surface area contributed by atoms with E-state index in [1.165, 1.54) is 12.1 Å². The van der Waals surface area contributed by atoms with Gasteiger partial charge in [-0.15, -0.1) is 13.2 Å². The molecule has 5 nitrogen and oxygen atoms in total. The lowest BCUT2D eigenvalue weighted by Crippen LogP contribution is -2.17. The zero-order valence-electron chi connectivity index (χ0n) is 12.9. The molecule has 0 aliphatic carbocycles. The minimum atomic E-state index is -4.76. The molecule has 1 atom stereocenters. The van der Waals surface area contributed by atoms with Gasteiger partial charge >= 0.3 is 6.36 Å². The Morgan fingerprint density at radius 2 is 1.76 bits per heavy atom. The number of imidazole rings is 1. The van der Waals surface area contributed by atoms with E-state index in [0.29, 0.717) is 16.9 Å². The molecule has 0 saturated carbocycles. The number of ether oxygens (including phenoxy) is 1. The fraction of sp³-hybridized carbons (Fsp3) is 0.235. The van der Waals surface area contributed by atoms with Crippen molar-refractivity contribution in [3.05, 3.63) is 59.9 Å². The number of halogens is 3. The summed E-state index contributed by atoms with van der Waals surface area (Å²) in [6.07, 6.45) is -5.74. The molecule has 3 rings (SSSR count). The molecule has 1 unspecified atom stereocenters. The second kappa shape index (κ2) is 6.73. The van der Waals surface area contributed by atoms with Crippen molar-refractivity contribution in [2.75, 3.05) is 0 Å². The van der Waals surface area contributed by atoms with Crippen LogP contribution in [0.15, 0.2) is 48.5 Å². The lowest BCUT2D eigenvalue weighted by molar-refractivity contribution is -0.274. The highest BCUT2D eigenvalue weighted by Gasteiger charge is 2.31. The maximum absolute atomic E-state index is 12.2. The molecule has 0 bridgehead atoms. The van der Waals surface area contributed by atoms with Crippen LogP contribution in [0.25, 0.3) is 11.0 Å². The molecule has 0 aliphatic heterocycles. The third kappa shape index (κ3) is 3.92. The number of benzene rings is 2. The molecule has 132 valence electrons. The van der Waals surface area contributed by atoms with E-state index in [0.717, 1.165) is 17.6 Å². The number of hydrogen-bond acceptors (Lipinski definition) is 4. The molecule has 8 heteroatoms.